The van der Waals surface area contributed by atoms with Gasteiger partial charge in [-0.05, 0) is 24.7 Å². The molecule has 2 aliphatic heterocycles. The smallest absolute Gasteiger partial charge is 0.0116 e. The van der Waals surface area contributed by atoms with Gasteiger partial charge in [0, 0.05) is 12.1 Å². The third kappa shape index (κ3) is 0.710. The van der Waals surface area contributed by atoms with Gasteiger partial charge in [0.2, 0.25) is 0 Å². The predicted octanol–water partition coefficient (Wildman–Crippen LogP) is 1.39. The van der Waals surface area contributed by atoms with Crippen LogP contribution in [0.4, 0.5) is 0 Å². The van der Waals surface area contributed by atoms with Crippen LogP contribution >= 0.6 is 0 Å². The summed E-state index contributed by atoms with van der Waals surface area (Å²) in [6, 6.07) is 1.80. The lowest BCUT2D eigenvalue weighted by Crippen LogP contribution is -2.45. The summed E-state index contributed by atoms with van der Waals surface area (Å²) in [4.78, 5) is 0. The van der Waals surface area contributed by atoms with Crippen molar-refractivity contribution in [3.63, 3.8) is 0 Å². The van der Waals surface area contributed by atoms with E-state index in [2.05, 4.69) is 19.2 Å². The quantitative estimate of drug-likeness (QED) is 0.558. The predicted molar refractivity (Wildman–Crippen MR) is 38.3 cm³/mol. The molecule has 52 valence electrons. The highest BCUT2D eigenvalue weighted by molar-refractivity contribution is 5.03. The first-order chi connectivity index (χ1) is 4.27. The maximum atomic E-state index is 3.55. The Labute approximate surface area is 56.8 Å². The van der Waals surface area contributed by atoms with E-state index in [-0.39, 0.29) is 0 Å². The zero-order valence-electron chi connectivity index (χ0n) is 6.22. The molecule has 0 amide bonds. The van der Waals surface area contributed by atoms with E-state index in [9.17, 15) is 0 Å². The van der Waals surface area contributed by atoms with Gasteiger partial charge in [-0.2, -0.15) is 0 Å². The SMILES string of the molecule is CC(C)C1CC2CC1N2. The first-order valence-corrected chi connectivity index (χ1v) is 4.03. The molecular formula is C8H15N. The van der Waals surface area contributed by atoms with E-state index in [0.29, 0.717) is 0 Å². The van der Waals surface area contributed by atoms with Crippen molar-refractivity contribution in [3.05, 3.63) is 0 Å². The number of hydrogen-bond donors (Lipinski definition) is 1. The fourth-order valence-corrected chi connectivity index (χ4v) is 2.28. The summed E-state index contributed by atoms with van der Waals surface area (Å²) in [6.45, 7) is 4.68. The summed E-state index contributed by atoms with van der Waals surface area (Å²) < 4.78 is 0. The number of hydrogen-bond acceptors (Lipinski definition) is 1. The van der Waals surface area contributed by atoms with E-state index in [4.69, 9.17) is 0 Å². The summed E-state index contributed by atoms with van der Waals surface area (Å²) in [7, 11) is 0. The summed E-state index contributed by atoms with van der Waals surface area (Å²) in [5.74, 6) is 1.89. The molecule has 0 radical (unpaired) electrons. The fourth-order valence-electron chi connectivity index (χ4n) is 2.28. The van der Waals surface area contributed by atoms with Crippen LogP contribution in [0.5, 0.6) is 0 Å². The van der Waals surface area contributed by atoms with Gasteiger partial charge >= 0.3 is 0 Å². The van der Waals surface area contributed by atoms with Gasteiger partial charge in [-0.25, -0.2) is 0 Å². The van der Waals surface area contributed by atoms with Gasteiger partial charge in [0.15, 0.2) is 0 Å². The van der Waals surface area contributed by atoms with Crippen LogP contribution in [0.2, 0.25) is 0 Å². The molecule has 0 aromatic heterocycles. The normalized spacial score (nSPS) is 47.7. The fraction of sp³-hybridized carbons (Fsp3) is 1.00. The monoisotopic (exact) mass is 125 g/mol. The molecule has 1 N–H and O–H groups in total. The van der Waals surface area contributed by atoms with Crippen molar-refractivity contribution < 1.29 is 0 Å². The van der Waals surface area contributed by atoms with E-state index in [1.54, 1.807) is 0 Å². The Balaban J connectivity index is 2.00. The van der Waals surface area contributed by atoms with Crippen LogP contribution < -0.4 is 5.32 Å². The minimum Gasteiger partial charge on any atom is -0.311 e. The Hall–Kier alpha value is -0.0400. The van der Waals surface area contributed by atoms with Gasteiger partial charge in [0.05, 0.1) is 0 Å². The van der Waals surface area contributed by atoms with Crippen molar-refractivity contribution in [2.75, 3.05) is 0 Å². The first-order valence-electron chi connectivity index (χ1n) is 4.03. The Kier molecular flexibility index (Phi) is 1.10. The van der Waals surface area contributed by atoms with Crippen molar-refractivity contribution in [3.8, 4) is 0 Å². The molecule has 9 heavy (non-hydrogen) atoms. The molecule has 1 nitrogen and oxygen atoms in total. The zero-order chi connectivity index (χ0) is 6.43. The molecule has 2 heterocycles. The lowest BCUT2D eigenvalue weighted by molar-refractivity contribution is 0.301. The maximum absolute atomic E-state index is 3.55. The number of fused-ring (bicyclic) bond motifs is 1. The molecule has 3 aliphatic rings. The highest BCUT2D eigenvalue weighted by Gasteiger charge is 2.44. The maximum Gasteiger partial charge on any atom is 0.0116 e. The zero-order valence-corrected chi connectivity index (χ0v) is 6.22. The van der Waals surface area contributed by atoms with Gasteiger partial charge in [-0.15, -0.1) is 0 Å². The number of rotatable bonds is 1. The van der Waals surface area contributed by atoms with Gasteiger partial charge < -0.3 is 5.32 Å². The average molecular weight is 125 g/mol. The molecule has 0 aromatic rings. The Morgan fingerprint density at radius 1 is 1.33 bits per heavy atom. The lowest BCUT2D eigenvalue weighted by Gasteiger charge is -2.28. The minimum atomic E-state index is 0.898. The van der Waals surface area contributed by atoms with Gasteiger partial charge in [-0.3, -0.25) is 0 Å². The molecule has 2 bridgehead atoms. The van der Waals surface area contributed by atoms with Crippen LogP contribution in [0.1, 0.15) is 26.7 Å². The van der Waals surface area contributed by atoms with E-state index < -0.39 is 0 Å². The highest BCUT2D eigenvalue weighted by atomic mass is 15.1. The van der Waals surface area contributed by atoms with E-state index in [1.165, 1.54) is 12.8 Å². The van der Waals surface area contributed by atoms with Crippen LogP contribution in [-0.2, 0) is 0 Å². The lowest BCUT2D eigenvalue weighted by atomic mass is 9.92. The molecule has 2 saturated heterocycles. The van der Waals surface area contributed by atoms with Crippen molar-refractivity contribution in [2.45, 2.75) is 38.8 Å². The second-order valence-electron chi connectivity index (χ2n) is 3.85. The third-order valence-corrected chi connectivity index (χ3v) is 2.92. The second kappa shape index (κ2) is 1.72. The average Bonchev–Trinajstić information content (AvgIpc) is 2.12. The van der Waals surface area contributed by atoms with E-state index in [1.807, 2.05) is 0 Å². The Bertz CT molecular complexity index is 114. The molecular weight excluding hydrogens is 110 g/mol. The van der Waals surface area contributed by atoms with Crippen LogP contribution in [0.15, 0.2) is 0 Å². The largest absolute Gasteiger partial charge is 0.311 e. The van der Waals surface area contributed by atoms with Crippen molar-refractivity contribution in [2.24, 2.45) is 11.8 Å². The first kappa shape index (κ1) is 5.72. The van der Waals surface area contributed by atoms with Crippen LogP contribution in [0, 0.1) is 11.8 Å². The molecule has 1 heteroatoms. The molecule has 0 spiro atoms. The molecule has 1 aliphatic carbocycles. The van der Waals surface area contributed by atoms with Crippen molar-refractivity contribution in [1.82, 2.24) is 5.32 Å². The standard InChI is InChI=1S/C8H15N/c1-5(2)7-3-6-4-8(7)9-6/h5-9H,3-4H2,1-2H3. The topological polar surface area (TPSA) is 12.0 Å². The molecule has 3 unspecified atom stereocenters. The molecule has 0 aromatic carbocycles. The summed E-state index contributed by atoms with van der Waals surface area (Å²) in [5, 5.41) is 3.55. The minimum absolute atomic E-state index is 0.898. The third-order valence-electron chi connectivity index (χ3n) is 2.92. The Morgan fingerprint density at radius 3 is 2.22 bits per heavy atom. The summed E-state index contributed by atoms with van der Waals surface area (Å²) >= 11 is 0. The van der Waals surface area contributed by atoms with Crippen molar-refractivity contribution in [1.29, 1.82) is 0 Å². The summed E-state index contributed by atoms with van der Waals surface area (Å²) in [5.41, 5.74) is 0. The Morgan fingerprint density at radius 2 is 2.00 bits per heavy atom. The van der Waals surface area contributed by atoms with E-state index >= 15 is 0 Å². The second-order valence-corrected chi connectivity index (χ2v) is 3.85. The highest BCUT2D eigenvalue weighted by Crippen LogP contribution is 2.39. The van der Waals surface area contributed by atoms with Gasteiger partial charge in [0.25, 0.3) is 0 Å². The molecule has 3 rings (SSSR count). The van der Waals surface area contributed by atoms with Crippen LogP contribution in [0.3, 0.4) is 0 Å². The molecule has 3 fully saturated rings. The van der Waals surface area contributed by atoms with Crippen LogP contribution in [-0.4, -0.2) is 12.1 Å². The van der Waals surface area contributed by atoms with Gasteiger partial charge in [-0.1, -0.05) is 13.8 Å². The number of nitrogens with one attached hydrogen (secondary N) is 1. The van der Waals surface area contributed by atoms with E-state index in [0.717, 1.165) is 23.9 Å². The van der Waals surface area contributed by atoms with Gasteiger partial charge in [0.1, 0.15) is 0 Å². The van der Waals surface area contributed by atoms with Crippen LogP contribution in [0.25, 0.3) is 0 Å². The summed E-state index contributed by atoms with van der Waals surface area (Å²) in [6.07, 6.45) is 2.91. The van der Waals surface area contributed by atoms with Crippen molar-refractivity contribution >= 4 is 0 Å². The molecule has 1 saturated carbocycles. The molecule has 3 atom stereocenters.